The minimum absolute atomic E-state index is 0.154. The second-order valence-electron chi connectivity index (χ2n) is 5.43. The largest absolute Gasteiger partial charge is 0.355 e. The number of nitrogens with one attached hydrogen (secondary N) is 2. The predicted molar refractivity (Wildman–Crippen MR) is 93.8 cm³/mol. The van der Waals surface area contributed by atoms with Crippen molar-refractivity contribution >= 4 is 39.8 Å². The van der Waals surface area contributed by atoms with Crippen molar-refractivity contribution in [3.05, 3.63) is 50.9 Å². The van der Waals surface area contributed by atoms with Crippen LogP contribution < -0.4 is 10.6 Å². The summed E-state index contributed by atoms with van der Waals surface area (Å²) in [6.07, 6.45) is 4.05. The lowest BCUT2D eigenvalue weighted by Gasteiger charge is -2.12. The first-order chi connectivity index (χ1) is 11.1. The van der Waals surface area contributed by atoms with Crippen molar-refractivity contribution in [1.29, 1.82) is 0 Å². The third-order valence-electron chi connectivity index (χ3n) is 3.97. The number of carbonyl (C=O) groups is 2. The van der Waals surface area contributed by atoms with E-state index in [4.69, 9.17) is 11.6 Å². The van der Waals surface area contributed by atoms with E-state index in [0.29, 0.717) is 21.2 Å². The summed E-state index contributed by atoms with van der Waals surface area (Å²) in [6.45, 7) is 0. The number of hydrogen-bond acceptors (Lipinski definition) is 3. The minimum atomic E-state index is -0.292. The van der Waals surface area contributed by atoms with E-state index in [1.54, 1.807) is 31.3 Å². The van der Waals surface area contributed by atoms with E-state index in [-0.39, 0.29) is 11.8 Å². The van der Waals surface area contributed by atoms with Crippen molar-refractivity contribution in [3.63, 3.8) is 0 Å². The Balaban J connectivity index is 1.96. The summed E-state index contributed by atoms with van der Waals surface area (Å²) >= 11 is 7.58. The molecule has 0 spiro atoms. The summed E-state index contributed by atoms with van der Waals surface area (Å²) < 4.78 is 0. The molecule has 0 aliphatic heterocycles. The summed E-state index contributed by atoms with van der Waals surface area (Å²) in [5, 5.41) is 6.56. The Morgan fingerprint density at radius 1 is 1.13 bits per heavy atom. The number of hydrogen-bond donors (Lipinski definition) is 2. The van der Waals surface area contributed by atoms with Crippen LogP contribution in [0.3, 0.4) is 0 Å². The van der Waals surface area contributed by atoms with Gasteiger partial charge in [0.25, 0.3) is 11.8 Å². The highest BCUT2D eigenvalue weighted by Crippen LogP contribution is 2.38. The Morgan fingerprint density at radius 3 is 2.61 bits per heavy atom. The number of thiophene rings is 1. The maximum Gasteiger partial charge on any atom is 0.257 e. The van der Waals surface area contributed by atoms with Gasteiger partial charge in [-0.05, 0) is 43.4 Å². The van der Waals surface area contributed by atoms with Gasteiger partial charge in [-0.2, -0.15) is 0 Å². The van der Waals surface area contributed by atoms with Crippen molar-refractivity contribution in [2.24, 2.45) is 0 Å². The van der Waals surface area contributed by atoms with E-state index in [9.17, 15) is 9.59 Å². The lowest BCUT2D eigenvalue weighted by atomic mass is 9.95. The van der Waals surface area contributed by atoms with Gasteiger partial charge in [-0.15, -0.1) is 11.3 Å². The number of amides is 2. The number of aryl methyl sites for hydroxylation is 1. The standard InChI is InChI=1S/C17H17ClN2O2S/c1-19-16(22)14-11-7-3-5-9-13(11)23-17(14)20-15(21)10-6-2-4-8-12(10)18/h2,4,6,8H,3,5,7,9H2,1H3,(H,19,22)(H,20,21). The summed E-state index contributed by atoms with van der Waals surface area (Å²) in [4.78, 5) is 26.0. The average Bonchev–Trinajstić information content (AvgIpc) is 2.92. The molecule has 0 saturated heterocycles. The zero-order valence-electron chi connectivity index (χ0n) is 12.7. The Kier molecular flexibility index (Phi) is 4.68. The molecular weight excluding hydrogens is 332 g/mol. The molecular formula is C17H17ClN2O2S. The molecule has 1 aliphatic rings. The van der Waals surface area contributed by atoms with Crippen LogP contribution in [-0.2, 0) is 12.8 Å². The Morgan fingerprint density at radius 2 is 1.87 bits per heavy atom. The normalized spacial score (nSPS) is 13.3. The lowest BCUT2D eigenvalue weighted by molar-refractivity contribution is 0.0963. The number of carbonyl (C=O) groups excluding carboxylic acids is 2. The van der Waals surface area contributed by atoms with E-state index >= 15 is 0 Å². The molecule has 23 heavy (non-hydrogen) atoms. The zero-order valence-corrected chi connectivity index (χ0v) is 14.3. The smallest absolute Gasteiger partial charge is 0.257 e. The quantitative estimate of drug-likeness (QED) is 0.884. The SMILES string of the molecule is CNC(=O)c1c(NC(=O)c2ccccc2Cl)sc2c1CCCC2. The van der Waals surface area contributed by atoms with Crippen LogP contribution >= 0.6 is 22.9 Å². The Hall–Kier alpha value is -1.85. The minimum Gasteiger partial charge on any atom is -0.355 e. The highest BCUT2D eigenvalue weighted by molar-refractivity contribution is 7.17. The molecule has 1 aromatic carbocycles. The third-order valence-corrected chi connectivity index (χ3v) is 5.51. The van der Waals surface area contributed by atoms with Crippen molar-refractivity contribution in [3.8, 4) is 0 Å². The van der Waals surface area contributed by atoms with Gasteiger partial charge < -0.3 is 10.6 Å². The molecule has 120 valence electrons. The van der Waals surface area contributed by atoms with Crippen LogP contribution in [0.4, 0.5) is 5.00 Å². The van der Waals surface area contributed by atoms with Crippen molar-refractivity contribution < 1.29 is 9.59 Å². The lowest BCUT2D eigenvalue weighted by Crippen LogP contribution is -2.22. The monoisotopic (exact) mass is 348 g/mol. The molecule has 4 nitrogen and oxygen atoms in total. The number of fused-ring (bicyclic) bond motifs is 1. The molecule has 2 amide bonds. The Bertz CT molecular complexity index is 770. The number of anilines is 1. The summed E-state index contributed by atoms with van der Waals surface area (Å²) in [5.41, 5.74) is 2.09. The summed E-state index contributed by atoms with van der Waals surface area (Å²) in [6, 6.07) is 6.89. The number of benzene rings is 1. The third kappa shape index (κ3) is 3.12. The number of rotatable bonds is 3. The van der Waals surface area contributed by atoms with Gasteiger partial charge >= 0.3 is 0 Å². The van der Waals surface area contributed by atoms with Crippen molar-refractivity contribution in [1.82, 2.24) is 5.32 Å². The van der Waals surface area contributed by atoms with Crippen LogP contribution in [0.2, 0.25) is 5.02 Å². The molecule has 0 atom stereocenters. The zero-order chi connectivity index (χ0) is 16.4. The van der Waals surface area contributed by atoms with Crippen molar-refractivity contribution in [2.45, 2.75) is 25.7 Å². The van der Waals surface area contributed by atoms with Gasteiger partial charge in [0.1, 0.15) is 5.00 Å². The summed E-state index contributed by atoms with van der Waals surface area (Å²) in [5.74, 6) is -0.446. The van der Waals surface area contributed by atoms with E-state index in [0.717, 1.165) is 31.2 Å². The van der Waals surface area contributed by atoms with Gasteiger partial charge in [-0.25, -0.2) is 0 Å². The molecule has 0 radical (unpaired) electrons. The average molecular weight is 349 g/mol. The maximum atomic E-state index is 12.5. The van der Waals surface area contributed by atoms with E-state index in [2.05, 4.69) is 10.6 Å². The fourth-order valence-electron chi connectivity index (χ4n) is 2.83. The van der Waals surface area contributed by atoms with Crippen LogP contribution in [-0.4, -0.2) is 18.9 Å². The fraction of sp³-hybridized carbons (Fsp3) is 0.294. The summed E-state index contributed by atoms with van der Waals surface area (Å²) in [7, 11) is 1.61. The molecule has 6 heteroatoms. The van der Waals surface area contributed by atoms with Crippen LogP contribution in [0.15, 0.2) is 24.3 Å². The Labute approximate surface area is 143 Å². The van der Waals surface area contributed by atoms with E-state index < -0.39 is 0 Å². The highest BCUT2D eigenvalue weighted by Gasteiger charge is 2.26. The molecule has 1 aliphatic carbocycles. The molecule has 1 heterocycles. The number of halogens is 1. The van der Waals surface area contributed by atoms with Crippen LogP contribution in [0.1, 0.15) is 44.0 Å². The first-order valence-electron chi connectivity index (χ1n) is 7.54. The second kappa shape index (κ2) is 6.72. The molecule has 2 N–H and O–H groups in total. The van der Waals surface area contributed by atoms with Gasteiger partial charge in [0, 0.05) is 11.9 Å². The molecule has 3 rings (SSSR count). The molecule has 2 aromatic rings. The maximum absolute atomic E-state index is 12.5. The van der Waals surface area contributed by atoms with Gasteiger partial charge in [0.15, 0.2) is 0 Å². The van der Waals surface area contributed by atoms with E-state index in [1.165, 1.54) is 16.2 Å². The van der Waals surface area contributed by atoms with Gasteiger partial charge in [-0.1, -0.05) is 23.7 Å². The van der Waals surface area contributed by atoms with E-state index in [1.807, 2.05) is 0 Å². The van der Waals surface area contributed by atoms with Gasteiger partial charge in [-0.3, -0.25) is 9.59 Å². The molecule has 0 unspecified atom stereocenters. The first-order valence-corrected chi connectivity index (χ1v) is 8.73. The first kappa shape index (κ1) is 16.0. The molecule has 0 fully saturated rings. The molecule has 0 saturated carbocycles. The highest BCUT2D eigenvalue weighted by atomic mass is 35.5. The van der Waals surface area contributed by atoms with Gasteiger partial charge in [0.2, 0.25) is 0 Å². The fourth-order valence-corrected chi connectivity index (χ4v) is 4.34. The second-order valence-corrected chi connectivity index (χ2v) is 6.94. The predicted octanol–water partition coefficient (Wildman–Crippen LogP) is 3.89. The topological polar surface area (TPSA) is 58.2 Å². The van der Waals surface area contributed by atoms with Crippen LogP contribution in [0.5, 0.6) is 0 Å². The molecule has 1 aromatic heterocycles. The van der Waals surface area contributed by atoms with Gasteiger partial charge in [0.05, 0.1) is 16.1 Å². The van der Waals surface area contributed by atoms with Crippen LogP contribution in [0.25, 0.3) is 0 Å². The molecule has 0 bridgehead atoms. The van der Waals surface area contributed by atoms with Crippen molar-refractivity contribution in [2.75, 3.05) is 12.4 Å². The van der Waals surface area contributed by atoms with Crippen LogP contribution in [0, 0.1) is 0 Å².